The zero-order valence-electron chi connectivity index (χ0n) is 10.3. The molecule has 0 aliphatic heterocycles. The summed E-state index contributed by atoms with van der Waals surface area (Å²) in [5, 5.41) is 6.14. The summed E-state index contributed by atoms with van der Waals surface area (Å²) >= 11 is 11.6. The van der Waals surface area contributed by atoms with E-state index in [-0.39, 0.29) is 17.6 Å². The Morgan fingerprint density at radius 3 is 2.45 bits per heavy atom. The van der Waals surface area contributed by atoms with Crippen LogP contribution in [0, 0.1) is 5.82 Å². The molecule has 0 aliphatic carbocycles. The molecule has 6 heteroatoms. The lowest BCUT2D eigenvalue weighted by Gasteiger charge is -2.09. The first-order chi connectivity index (χ1) is 9.54. The number of halogens is 3. The molecule has 0 radical (unpaired) electrons. The molecule has 2 N–H and O–H groups in total. The molecule has 2 rings (SSSR count). The standard InChI is InChI=1S/C14H11Cl2FN2O/c15-10-2-5-12(6-3-10)19-14(20)18-8-9-1-4-11(17)7-13(9)16/h1-7H,8H2,(H2,18,19,20). The molecule has 3 nitrogen and oxygen atoms in total. The van der Waals surface area contributed by atoms with Crippen LogP contribution in [-0.2, 0) is 6.54 Å². The normalized spacial score (nSPS) is 10.2. The Hall–Kier alpha value is -1.78. The van der Waals surface area contributed by atoms with Crippen molar-refractivity contribution in [3.05, 3.63) is 63.9 Å². The molecule has 2 aromatic rings. The van der Waals surface area contributed by atoms with E-state index < -0.39 is 5.82 Å². The highest BCUT2D eigenvalue weighted by Gasteiger charge is 2.05. The zero-order valence-corrected chi connectivity index (χ0v) is 11.8. The zero-order chi connectivity index (χ0) is 14.5. The van der Waals surface area contributed by atoms with Gasteiger partial charge in [-0.1, -0.05) is 29.3 Å². The molecular weight excluding hydrogens is 302 g/mol. The summed E-state index contributed by atoms with van der Waals surface area (Å²) in [6.07, 6.45) is 0. The van der Waals surface area contributed by atoms with Crippen LogP contribution in [0.5, 0.6) is 0 Å². The van der Waals surface area contributed by atoms with Crippen molar-refractivity contribution >= 4 is 34.9 Å². The summed E-state index contributed by atoms with van der Waals surface area (Å²) in [6.45, 7) is 0.207. The molecule has 0 fully saturated rings. The van der Waals surface area contributed by atoms with Crippen molar-refractivity contribution in [1.82, 2.24) is 5.32 Å². The van der Waals surface area contributed by atoms with E-state index in [0.717, 1.165) is 0 Å². The minimum atomic E-state index is -0.413. The van der Waals surface area contributed by atoms with Crippen molar-refractivity contribution in [3.63, 3.8) is 0 Å². The summed E-state index contributed by atoms with van der Waals surface area (Å²) < 4.78 is 12.9. The number of hydrogen-bond acceptors (Lipinski definition) is 1. The van der Waals surface area contributed by atoms with E-state index in [2.05, 4.69) is 10.6 Å². The van der Waals surface area contributed by atoms with Gasteiger partial charge in [-0.25, -0.2) is 9.18 Å². The maximum absolute atomic E-state index is 12.9. The van der Waals surface area contributed by atoms with Crippen molar-refractivity contribution in [2.75, 3.05) is 5.32 Å². The maximum Gasteiger partial charge on any atom is 0.319 e. The first-order valence-electron chi connectivity index (χ1n) is 5.79. The van der Waals surface area contributed by atoms with Crippen molar-refractivity contribution in [2.45, 2.75) is 6.54 Å². The summed E-state index contributed by atoms with van der Waals surface area (Å²) in [5.74, 6) is -0.413. The first-order valence-corrected chi connectivity index (χ1v) is 6.54. The predicted molar refractivity (Wildman–Crippen MR) is 78.7 cm³/mol. The number of carbonyl (C=O) groups excluding carboxylic acids is 1. The van der Waals surface area contributed by atoms with Gasteiger partial charge in [0, 0.05) is 22.3 Å². The van der Waals surface area contributed by atoms with E-state index in [0.29, 0.717) is 16.3 Å². The largest absolute Gasteiger partial charge is 0.334 e. The number of hydrogen-bond donors (Lipinski definition) is 2. The Bertz CT molecular complexity index is 617. The second-order valence-corrected chi connectivity index (χ2v) is 4.89. The maximum atomic E-state index is 12.9. The lowest BCUT2D eigenvalue weighted by molar-refractivity contribution is 0.251. The molecule has 0 aromatic heterocycles. The van der Waals surface area contributed by atoms with Gasteiger partial charge in [-0.3, -0.25) is 0 Å². The van der Waals surface area contributed by atoms with Crippen LogP contribution >= 0.6 is 23.2 Å². The molecule has 0 saturated heterocycles. The predicted octanol–water partition coefficient (Wildman–Crippen LogP) is 4.45. The molecule has 0 unspecified atom stereocenters. The SMILES string of the molecule is O=C(NCc1ccc(F)cc1Cl)Nc1ccc(Cl)cc1. The van der Waals surface area contributed by atoms with Gasteiger partial charge in [0.1, 0.15) is 5.82 Å². The van der Waals surface area contributed by atoms with Gasteiger partial charge in [-0.15, -0.1) is 0 Å². The average molecular weight is 313 g/mol. The second-order valence-electron chi connectivity index (χ2n) is 4.05. The Balaban J connectivity index is 1.90. The van der Waals surface area contributed by atoms with Gasteiger partial charge in [0.25, 0.3) is 0 Å². The van der Waals surface area contributed by atoms with Crippen molar-refractivity contribution in [1.29, 1.82) is 0 Å². The van der Waals surface area contributed by atoms with E-state index >= 15 is 0 Å². The molecule has 0 aliphatic rings. The van der Waals surface area contributed by atoms with Crippen LogP contribution in [0.2, 0.25) is 10.0 Å². The number of urea groups is 1. The van der Waals surface area contributed by atoms with Gasteiger partial charge in [0.05, 0.1) is 0 Å². The number of amides is 2. The van der Waals surface area contributed by atoms with E-state index in [1.54, 1.807) is 24.3 Å². The first kappa shape index (κ1) is 14.6. The molecule has 2 aromatic carbocycles. The quantitative estimate of drug-likeness (QED) is 0.863. The van der Waals surface area contributed by atoms with Gasteiger partial charge in [-0.2, -0.15) is 0 Å². The Morgan fingerprint density at radius 1 is 1.10 bits per heavy atom. The lowest BCUT2D eigenvalue weighted by atomic mass is 10.2. The van der Waals surface area contributed by atoms with Gasteiger partial charge in [-0.05, 0) is 42.0 Å². The number of nitrogens with one attached hydrogen (secondary N) is 2. The van der Waals surface area contributed by atoms with Gasteiger partial charge in [0.15, 0.2) is 0 Å². The monoisotopic (exact) mass is 312 g/mol. The van der Waals surface area contributed by atoms with Crippen LogP contribution in [-0.4, -0.2) is 6.03 Å². The summed E-state index contributed by atoms with van der Waals surface area (Å²) in [7, 11) is 0. The molecule has 0 spiro atoms. The Labute approximate surface area is 125 Å². The van der Waals surface area contributed by atoms with Crippen LogP contribution in [0.1, 0.15) is 5.56 Å². The van der Waals surface area contributed by atoms with E-state index in [9.17, 15) is 9.18 Å². The van der Waals surface area contributed by atoms with Crippen LogP contribution in [0.25, 0.3) is 0 Å². The van der Waals surface area contributed by atoms with E-state index in [1.165, 1.54) is 18.2 Å². The van der Waals surface area contributed by atoms with Crippen molar-refractivity contribution < 1.29 is 9.18 Å². The Morgan fingerprint density at radius 2 is 1.80 bits per heavy atom. The third kappa shape index (κ3) is 4.11. The van der Waals surface area contributed by atoms with Crippen LogP contribution in [0.15, 0.2) is 42.5 Å². The number of carbonyl (C=O) groups is 1. The van der Waals surface area contributed by atoms with Crippen LogP contribution in [0.3, 0.4) is 0 Å². The fourth-order valence-corrected chi connectivity index (χ4v) is 1.91. The minimum Gasteiger partial charge on any atom is -0.334 e. The topological polar surface area (TPSA) is 41.1 Å². The molecule has 0 bridgehead atoms. The number of anilines is 1. The third-order valence-corrected chi connectivity index (χ3v) is 3.16. The third-order valence-electron chi connectivity index (χ3n) is 2.56. The summed E-state index contributed by atoms with van der Waals surface area (Å²) in [6, 6.07) is 10.4. The lowest BCUT2D eigenvalue weighted by Crippen LogP contribution is -2.28. The van der Waals surface area contributed by atoms with Crippen LogP contribution in [0.4, 0.5) is 14.9 Å². The van der Waals surface area contributed by atoms with Gasteiger partial charge in [0.2, 0.25) is 0 Å². The fraction of sp³-hybridized carbons (Fsp3) is 0.0714. The highest BCUT2D eigenvalue weighted by Crippen LogP contribution is 2.17. The highest BCUT2D eigenvalue weighted by molar-refractivity contribution is 6.31. The van der Waals surface area contributed by atoms with Gasteiger partial charge >= 0.3 is 6.03 Å². The molecule has 20 heavy (non-hydrogen) atoms. The number of benzene rings is 2. The summed E-state index contributed by atoms with van der Waals surface area (Å²) in [5.41, 5.74) is 1.26. The molecule has 104 valence electrons. The molecular formula is C14H11Cl2FN2O. The minimum absolute atomic E-state index is 0.207. The summed E-state index contributed by atoms with van der Waals surface area (Å²) in [4.78, 5) is 11.7. The highest BCUT2D eigenvalue weighted by atomic mass is 35.5. The average Bonchev–Trinajstić information content (AvgIpc) is 2.40. The van der Waals surface area contributed by atoms with Crippen molar-refractivity contribution in [3.8, 4) is 0 Å². The smallest absolute Gasteiger partial charge is 0.319 e. The van der Waals surface area contributed by atoms with E-state index in [1.807, 2.05) is 0 Å². The second kappa shape index (κ2) is 6.59. The molecule has 0 heterocycles. The van der Waals surface area contributed by atoms with Gasteiger partial charge < -0.3 is 10.6 Å². The van der Waals surface area contributed by atoms with Crippen molar-refractivity contribution in [2.24, 2.45) is 0 Å². The van der Waals surface area contributed by atoms with E-state index in [4.69, 9.17) is 23.2 Å². The number of rotatable bonds is 3. The molecule has 0 atom stereocenters. The molecule has 2 amide bonds. The van der Waals surface area contributed by atoms with Crippen LogP contribution < -0.4 is 10.6 Å². The Kier molecular flexibility index (Phi) is 4.82. The fourth-order valence-electron chi connectivity index (χ4n) is 1.55. The molecule has 0 saturated carbocycles.